The Morgan fingerprint density at radius 2 is 1.60 bits per heavy atom. The van der Waals surface area contributed by atoms with Gasteiger partial charge in [-0.05, 0) is 76.4 Å². The van der Waals surface area contributed by atoms with Crippen molar-refractivity contribution in [2.45, 2.75) is 71.5 Å². The van der Waals surface area contributed by atoms with Crippen LogP contribution in [-0.4, -0.2) is 43.8 Å². The number of rotatable bonds is 11. The van der Waals surface area contributed by atoms with Crippen LogP contribution in [0, 0.1) is 20.8 Å². The number of sulfonamides is 1. The van der Waals surface area contributed by atoms with Crippen molar-refractivity contribution in [3.8, 4) is 0 Å². The maximum absolute atomic E-state index is 14.1. The first-order valence-corrected chi connectivity index (χ1v) is 15.2. The zero-order valence-electron chi connectivity index (χ0n) is 23.9. The molecule has 0 saturated heterocycles. The van der Waals surface area contributed by atoms with Crippen LogP contribution in [0.3, 0.4) is 0 Å². The van der Waals surface area contributed by atoms with Crippen LogP contribution in [0.15, 0.2) is 71.6 Å². The fraction of sp³-hybridized carbons (Fsp3) is 0.355. The SMILES string of the molecule is CC[C@@H](C)NC(=O)[C@@H](C)N(Cc1cccc(C)c1)C(=O)CN(c1cc(Cl)ccc1C)S(=O)(=O)c1ccc(C)cc1. The van der Waals surface area contributed by atoms with Gasteiger partial charge in [-0.3, -0.25) is 13.9 Å². The number of benzene rings is 3. The molecule has 9 heteroatoms. The normalized spacial score (nSPS) is 12.9. The molecule has 0 spiro atoms. The van der Waals surface area contributed by atoms with E-state index in [4.69, 9.17) is 11.6 Å². The molecule has 0 aliphatic heterocycles. The summed E-state index contributed by atoms with van der Waals surface area (Å²) in [7, 11) is -4.16. The van der Waals surface area contributed by atoms with E-state index in [1.165, 1.54) is 17.0 Å². The standard InChI is InChI=1S/C31H38ClN3O4S/c1-7-24(5)33-31(37)25(6)34(19-26-10-8-9-22(3)17-26)30(36)20-35(29-18-27(32)14-13-23(29)4)40(38,39)28-15-11-21(2)12-16-28/h8-18,24-25H,7,19-20H2,1-6H3,(H,33,37)/t24-,25-/m1/s1. The Labute approximate surface area is 243 Å². The van der Waals surface area contributed by atoms with Gasteiger partial charge in [0.2, 0.25) is 11.8 Å². The van der Waals surface area contributed by atoms with Gasteiger partial charge in [0.05, 0.1) is 10.6 Å². The van der Waals surface area contributed by atoms with E-state index < -0.39 is 28.5 Å². The Bertz CT molecular complexity index is 1460. The molecule has 1 N–H and O–H groups in total. The predicted octanol–water partition coefficient (Wildman–Crippen LogP) is 5.79. The van der Waals surface area contributed by atoms with Gasteiger partial charge in [-0.2, -0.15) is 0 Å². The fourth-order valence-electron chi connectivity index (χ4n) is 4.26. The van der Waals surface area contributed by atoms with E-state index in [2.05, 4.69) is 5.32 Å². The summed E-state index contributed by atoms with van der Waals surface area (Å²) in [5.41, 5.74) is 3.70. The van der Waals surface area contributed by atoms with E-state index in [1.807, 2.05) is 52.0 Å². The molecule has 0 bridgehead atoms. The highest BCUT2D eigenvalue weighted by molar-refractivity contribution is 7.92. The monoisotopic (exact) mass is 583 g/mol. The molecule has 40 heavy (non-hydrogen) atoms. The first kappa shape index (κ1) is 31.2. The van der Waals surface area contributed by atoms with Crippen molar-refractivity contribution in [3.05, 3.63) is 94.0 Å². The molecular formula is C31H38ClN3O4S. The van der Waals surface area contributed by atoms with Gasteiger partial charge in [0, 0.05) is 17.6 Å². The first-order chi connectivity index (χ1) is 18.8. The molecule has 0 heterocycles. The van der Waals surface area contributed by atoms with E-state index >= 15 is 0 Å². The molecule has 0 aliphatic rings. The van der Waals surface area contributed by atoms with Crippen LogP contribution in [0.5, 0.6) is 0 Å². The minimum Gasteiger partial charge on any atom is -0.352 e. The van der Waals surface area contributed by atoms with Gasteiger partial charge in [-0.1, -0.05) is 72.1 Å². The summed E-state index contributed by atoms with van der Waals surface area (Å²) >= 11 is 6.28. The summed E-state index contributed by atoms with van der Waals surface area (Å²) in [6.07, 6.45) is 0.737. The van der Waals surface area contributed by atoms with Crippen LogP contribution >= 0.6 is 11.6 Å². The third-order valence-electron chi connectivity index (χ3n) is 6.93. The third kappa shape index (κ3) is 7.64. The van der Waals surface area contributed by atoms with Crippen LogP contribution in [0.4, 0.5) is 5.69 Å². The number of carbonyl (C=O) groups is 2. The molecular weight excluding hydrogens is 546 g/mol. The van der Waals surface area contributed by atoms with E-state index in [0.29, 0.717) is 16.3 Å². The van der Waals surface area contributed by atoms with Gasteiger partial charge in [-0.15, -0.1) is 0 Å². The Balaban J connectivity index is 2.07. The smallest absolute Gasteiger partial charge is 0.264 e. The highest BCUT2D eigenvalue weighted by atomic mass is 35.5. The van der Waals surface area contributed by atoms with Crippen LogP contribution in [-0.2, 0) is 26.2 Å². The topological polar surface area (TPSA) is 86.8 Å². The Morgan fingerprint density at radius 1 is 0.925 bits per heavy atom. The summed E-state index contributed by atoms with van der Waals surface area (Å²) in [5.74, 6) is -0.814. The van der Waals surface area contributed by atoms with Crippen molar-refractivity contribution >= 4 is 39.1 Å². The van der Waals surface area contributed by atoms with Gasteiger partial charge < -0.3 is 10.2 Å². The second kappa shape index (κ2) is 13.3. The lowest BCUT2D eigenvalue weighted by Crippen LogP contribution is -2.52. The zero-order valence-corrected chi connectivity index (χ0v) is 25.5. The van der Waals surface area contributed by atoms with Crippen LogP contribution in [0.1, 0.15) is 49.4 Å². The number of anilines is 1. The molecule has 3 rings (SSSR count). The lowest BCUT2D eigenvalue weighted by atomic mass is 10.1. The quantitative estimate of drug-likeness (QED) is 0.309. The van der Waals surface area contributed by atoms with E-state index in [-0.39, 0.29) is 23.4 Å². The number of carbonyl (C=O) groups excluding carboxylic acids is 2. The number of halogens is 1. The average Bonchev–Trinajstić information content (AvgIpc) is 2.91. The molecule has 2 atom stereocenters. The molecule has 7 nitrogen and oxygen atoms in total. The molecule has 2 amide bonds. The molecule has 0 saturated carbocycles. The molecule has 214 valence electrons. The van der Waals surface area contributed by atoms with Gasteiger partial charge in [0.1, 0.15) is 12.6 Å². The Morgan fingerprint density at radius 3 is 2.23 bits per heavy atom. The number of amides is 2. The summed E-state index contributed by atoms with van der Waals surface area (Å²) in [6, 6.07) is 18.2. The van der Waals surface area contributed by atoms with Gasteiger partial charge >= 0.3 is 0 Å². The summed E-state index contributed by atoms with van der Waals surface area (Å²) in [5, 5.41) is 3.29. The van der Waals surface area contributed by atoms with E-state index in [1.54, 1.807) is 44.2 Å². The predicted molar refractivity (Wildman–Crippen MR) is 161 cm³/mol. The maximum Gasteiger partial charge on any atom is 0.264 e. The second-order valence-electron chi connectivity index (χ2n) is 10.3. The Kier molecular flexibility index (Phi) is 10.4. The highest BCUT2D eigenvalue weighted by Crippen LogP contribution is 2.30. The fourth-order valence-corrected chi connectivity index (χ4v) is 5.89. The lowest BCUT2D eigenvalue weighted by Gasteiger charge is -2.33. The molecule has 0 fully saturated rings. The minimum atomic E-state index is -4.16. The summed E-state index contributed by atoms with van der Waals surface area (Å²) in [4.78, 5) is 28.7. The molecule has 0 aromatic heterocycles. The van der Waals surface area contributed by atoms with Crippen molar-refractivity contribution in [2.24, 2.45) is 0 Å². The molecule has 0 radical (unpaired) electrons. The largest absolute Gasteiger partial charge is 0.352 e. The zero-order chi connectivity index (χ0) is 29.6. The highest BCUT2D eigenvalue weighted by Gasteiger charge is 2.33. The Hall–Kier alpha value is -3.36. The first-order valence-electron chi connectivity index (χ1n) is 13.3. The molecule has 3 aromatic rings. The van der Waals surface area contributed by atoms with E-state index in [9.17, 15) is 18.0 Å². The van der Waals surface area contributed by atoms with Crippen molar-refractivity contribution in [1.29, 1.82) is 0 Å². The summed E-state index contributed by atoms with van der Waals surface area (Å²) in [6.45, 7) is 10.7. The average molecular weight is 584 g/mol. The number of hydrogen-bond donors (Lipinski definition) is 1. The number of hydrogen-bond acceptors (Lipinski definition) is 4. The lowest BCUT2D eigenvalue weighted by molar-refractivity contribution is -0.139. The van der Waals surface area contributed by atoms with Crippen LogP contribution in [0.25, 0.3) is 0 Å². The van der Waals surface area contributed by atoms with E-state index in [0.717, 1.165) is 27.4 Å². The van der Waals surface area contributed by atoms with Gasteiger partial charge in [-0.25, -0.2) is 8.42 Å². The number of nitrogens with zero attached hydrogens (tertiary/aromatic N) is 2. The van der Waals surface area contributed by atoms with Crippen LogP contribution in [0.2, 0.25) is 5.02 Å². The van der Waals surface area contributed by atoms with Gasteiger partial charge in [0.25, 0.3) is 10.0 Å². The molecule has 3 aromatic carbocycles. The maximum atomic E-state index is 14.1. The summed E-state index contributed by atoms with van der Waals surface area (Å²) < 4.78 is 29.1. The number of aryl methyl sites for hydroxylation is 3. The minimum absolute atomic E-state index is 0.0538. The second-order valence-corrected chi connectivity index (χ2v) is 12.6. The number of nitrogens with one attached hydrogen (secondary N) is 1. The van der Waals surface area contributed by atoms with Crippen LogP contribution < -0.4 is 9.62 Å². The molecule has 0 aliphatic carbocycles. The van der Waals surface area contributed by atoms with Crippen molar-refractivity contribution in [1.82, 2.24) is 10.2 Å². The van der Waals surface area contributed by atoms with Crippen molar-refractivity contribution in [2.75, 3.05) is 10.8 Å². The van der Waals surface area contributed by atoms with Crippen molar-refractivity contribution in [3.63, 3.8) is 0 Å². The van der Waals surface area contributed by atoms with Gasteiger partial charge in [0.15, 0.2) is 0 Å². The molecule has 0 unspecified atom stereocenters. The van der Waals surface area contributed by atoms with Crippen molar-refractivity contribution < 1.29 is 18.0 Å². The third-order valence-corrected chi connectivity index (χ3v) is 8.94.